The fourth-order valence-electron chi connectivity index (χ4n) is 1.64. The van der Waals surface area contributed by atoms with E-state index in [1.807, 2.05) is 0 Å². The molecule has 0 aliphatic carbocycles. The smallest absolute Gasteiger partial charge is 0.303 e. The van der Waals surface area contributed by atoms with Gasteiger partial charge in [-0.25, -0.2) is 4.39 Å². The minimum atomic E-state index is -0.853. The number of nitrogens with zero attached hydrogens (tertiary/aromatic N) is 2. The first-order valence-electron chi connectivity index (χ1n) is 5.87. The third-order valence-corrected chi connectivity index (χ3v) is 2.65. The average molecular weight is 264 g/mol. The van der Waals surface area contributed by atoms with Crippen molar-refractivity contribution in [3.63, 3.8) is 0 Å². The molecule has 0 fully saturated rings. The van der Waals surface area contributed by atoms with Crippen LogP contribution in [0.2, 0.25) is 0 Å². The van der Waals surface area contributed by atoms with Gasteiger partial charge >= 0.3 is 5.97 Å². The topological polar surface area (TPSA) is 76.2 Å². The van der Waals surface area contributed by atoms with E-state index in [1.54, 1.807) is 19.1 Å². The van der Waals surface area contributed by atoms with Crippen LogP contribution < -0.4 is 0 Å². The van der Waals surface area contributed by atoms with Crippen molar-refractivity contribution in [2.24, 2.45) is 0 Å². The standard InChI is InChI=1S/C13H13FN2O3/c1-8-7-9(5-6-10(8)14)13-16-15-11(19-13)3-2-4-12(17)18/h5-7H,2-4H2,1H3,(H,17,18). The summed E-state index contributed by atoms with van der Waals surface area (Å²) in [7, 11) is 0. The van der Waals surface area contributed by atoms with E-state index in [0.717, 1.165) is 0 Å². The number of hydrogen-bond donors (Lipinski definition) is 1. The summed E-state index contributed by atoms with van der Waals surface area (Å²) in [6.07, 6.45) is 0.923. The minimum absolute atomic E-state index is 0.0629. The van der Waals surface area contributed by atoms with Crippen molar-refractivity contribution in [1.29, 1.82) is 0 Å². The van der Waals surface area contributed by atoms with Gasteiger partial charge in [-0.15, -0.1) is 10.2 Å². The van der Waals surface area contributed by atoms with Crippen LogP contribution in [-0.2, 0) is 11.2 Å². The molecule has 2 rings (SSSR count). The van der Waals surface area contributed by atoms with Crippen molar-refractivity contribution in [2.75, 3.05) is 0 Å². The fourth-order valence-corrected chi connectivity index (χ4v) is 1.64. The van der Waals surface area contributed by atoms with Gasteiger partial charge in [0.25, 0.3) is 0 Å². The zero-order valence-corrected chi connectivity index (χ0v) is 10.4. The Hall–Kier alpha value is -2.24. The predicted molar refractivity (Wildman–Crippen MR) is 65.0 cm³/mol. The number of aromatic nitrogens is 2. The van der Waals surface area contributed by atoms with Crippen molar-refractivity contribution in [2.45, 2.75) is 26.2 Å². The van der Waals surface area contributed by atoms with Gasteiger partial charge in [0.05, 0.1) is 0 Å². The number of benzene rings is 1. The van der Waals surface area contributed by atoms with Gasteiger partial charge in [-0.3, -0.25) is 4.79 Å². The van der Waals surface area contributed by atoms with Gasteiger partial charge in [0.15, 0.2) is 0 Å². The summed E-state index contributed by atoms with van der Waals surface area (Å²) >= 11 is 0. The number of rotatable bonds is 5. The zero-order chi connectivity index (χ0) is 13.8. The average Bonchev–Trinajstić information content (AvgIpc) is 2.81. The number of carboxylic acid groups (broad SMARTS) is 1. The van der Waals surface area contributed by atoms with Crippen LogP contribution in [-0.4, -0.2) is 21.3 Å². The van der Waals surface area contributed by atoms with Gasteiger partial charge in [-0.05, 0) is 37.1 Å². The number of hydrogen-bond acceptors (Lipinski definition) is 4. The SMILES string of the molecule is Cc1cc(-c2nnc(CCCC(=O)O)o2)ccc1F. The number of aryl methyl sites for hydroxylation is 2. The van der Waals surface area contributed by atoms with Crippen LogP contribution in [0.1, 0.15) is 24.3 Å². The first kappa shape index (κ1) is 13.2. The Kier molecular flexibility index (Phi) is 3.89. The summed E-state index contributed by atoms with van der Waals surface area (Å²) in [5.74, 6) is -0.439. The molecule has 1 heterocycles. The van der Waals surface area contributed by atoms with Crippen LogP contribution >= 0.6 is 0 Å². The lowest BCUT2D eigenvalue weighted by molar-refractivity contribution is -0.137. The molecule has 0 bridgehead atoms. The highest BCUT2D eigenvalue weighted by molar-refractivity contribution is 5.66. The third-order valence-electron chi connectivity index (χ3n) is 2.65. The summed E-state index contributed by atoms with van der Waals surface area (Å²) in [5.41, 5.74) is 1.15. The lowest BCUT2D eigenvalue weighted by atomic mass is 10.1. The van der Waals surface area contributed by atoms with Gasteiger partial charge < -0.3 is 9.52 Å². The summed E-state index contributed by atoms with van der Waals surface area (Å²) in [6, 6.07) is 4.54. The second-order valence-corrected chi connectivity index (χ2v) is 4.21. The molecule has 2 aromatic rings. The molecular weight excluding hydrogens is 251 g/mol. The lowest BCUT2D eigenvalue weighted by Crippen LogP contribution is -1.95. The summed E-state index contributed by atoms with van der Waals surface area (Å²) in [4.78, 5) is 10.4. The normalized spacial score (nSPS) is 10.6. The van der Waals surface area contributed by atoms with Crippen LogP contribution in [0.4, 0.5) is 4.39 Å². The highest BCUT2D eigenvalue weighted by atomic mass is 19.1. The van der Waals surface area contributed by atoms with E-state index < -0.39 is 5.97 Å². The third kappa shape index (κ3) is 3.37. The quantitative estimate of drug-likeness (QED) is 0.898. The molecule has 1 aromatic carbocycles. The van der Waals surface area contributed by atoms with Crippen molar-refractivity contribution in [3.05, 3.63) is 35.5 Å². The summed E-state index contributed by atoms with van der Waals surface area (Å²) in [6.45, 7) is 1.66. The zero-order valence-electron chi connectivity index (χ0n) is 10.4. The van der Waals surface area contributed by atoms with E-state index in [1.165, 1.54) is 6.07 Å². The van der Waals surface area contributed by atoms with Crippen LogP contribution in [0.15, 0.2) is 22.6 Å². The Bertz CT molecular complexity index is 595. The van der Waals surface area contributed by atoms with E-state index in [4.69, 9.17) is 9.52 Å². The molecule has 0 spiro atoms. The first-order valence-corrected chi connectivity index (χ1v) is 5.87. The van der Waals surface area contributed by atoms with Gasteiger partial charge in [-0.2, -0.15) is 0 Å². The van der Waals surface area contributed by atoms with Crippen molar-refractivity contribution in [3.8, 4) is 11.5 Å². The van der Waals surface area contributed by atoms with Gasteiger partial charge in [0.2, 0.25) is 11.8 Å². The maximum absolute atomic E-state index is 13.1. The summed E-state index contributed by atoms with van der Waals surface area (Å²) in [5, 5.41) is 16.2. The molecule has 0 saturated carbocycles. The highest BCUT2D eigenvalue weighted by Gasteiger charge is 2.10. The molecular formula is C13H13FN2O3. The van der Waals surface area contributed by atoms with Crippen LogP contribution in [0, 0.1) is 12.7 Å². The molecule has 100 valence electrons. The molecule has 19 heavy (non-hydrogen) atoms. The molecule has 0 aliphatic heterocycles. The molecule has 0 radical (unpaired) electrons. The molecule has 6 heteroatoms. The van der Waals surface area contributed by atoms with Gasteiger partial charge in [0.1, 0.15) is 5.82 Å². The van der Waals surface area contributed by atoms with E-state index in [-0.39, 0.29) is 12.2 Å². The van der Waals surface area contributed by atoms with Crippen LogP contribution in [0.5, 0.6) is 0 Å². The molecule has 1 N–H and O–H groups in total. The van der Waals surface area contributed by atoms with Crippen molar-refractivity contribution >= 4 is 5.97 Å². The first-order chi connectivity index (χ1) is 9.06. The Morgan fingerprint density at radius 2 is 2.21 bits per heavy atom. The second-order valence-electron chi connectivity index (χ2n) is 4.21. The fraction of sp³-hybridized carbons (Fsp3) is 0.308. The molecule has 5 nitrogen and oxygen atoms in total. The van der Waals surface area contributed by atoms with Gasteiger partial charge in [0, 0.05) is 18.4 Å². The monoisotopic (exact) mass is 264 g/mol. The lowest BCUT2D eigenvalue weighted by Gasteiger charge is -1.98. The maximum Gasteiger partial charge on any atom is 0.303 e. The maximum atomic E-state index is 13.1. The van der Waals surface area contributed by atoms with Crippen molar-refractivity contribution < 1.29 is 18.7 Å². The molecule has 0 aliphatic rings. The molecule has 0 unspecified atom stereocenters. The van der Waals surface area contributed by atoms with E-state index in [0.29, 0.717) is 35.7 Å². The van der Waals surface area contributed by atoms with Crippen LogP contribution in [0.25, 0.3) is 11.5 Å². The number of carbonyl (C=O) groups is 1. The van der Waals surface area contributed by atoms with E-state index in [2.05, 4.69) is 10.2 Å². The molecule has 0 atom stereocenters. The number of aliphatic carboxylic acids is 1. The van der Waals surface area contributed by atoms with E-state index in [9.17, 15) is 9.18 Å². The van der Waals surface area contributed by atoms with Gasteiger partial charge in [-0.1, -0.05) is 0 Å². The largest absolute Gasteiger partial charge is 0.481 e. The molecule has 0 amide bonds. The Balaban J connectivity index is 2.07. The highest BCUT2D eigenvalue weighted by Crippen LogP contribution is 2.21. The van der Waals surface area contributed by atoms with Crippen molar-refractivity contribution in [1.82, 2.24) is 10.2 Å². The number of halogens is 1. The Morgan fingerprint density at radius 3 is 2.89 bits per heavy atom. The second kappa shape index (κ2) is 5.60. The number of carboxylic acids is 1. The Morgan fingerprint density at radius 1 is 1.42 bits per heavy atom. The minimum Gasteiger partial charge on any atom is -0.481 e. The van der Waals surface area contributed by atoms with E-state index >= 15 is 0 Å². The molecule has 1 aromatic heterocycles. The predicted octanol–water partition coefficient (Wildman–Crippen LogP) is 2.59. The summed E-state index contributed by atoms with van der Waals surface area (Å²) < 4.78 is 18.5. The molecule has 0 saturated heterocycles. The van der Waals surface area contributed by atoms with Crippen LogP contribution in [0.3, 0.4) is 0 Å². The Labute approximate surface area is 109 Å².